The van der Waals surface area contributed by atoms with Crippen molar-refractivity contribution in [3.05, 3.63) is 0 Å². The maximum absolute atomic E-state index is 11.4. The number of likely N-dealkylation sites (N-methyl/N-ethyl adjacent to an activating group) is 1. The lowest BCUT2D eigenvalue weighted by Crippen LogP contribution is -2.41. The molecule has 0 bridgehead atoms. The van der Waals surface area contributed by atoms with Crippen molar-refractivity contribution in [2.45, 2.75) is 12.8 Å². The van der Waals surface area contributed by atoms with Crippen LogP contribution in [0.1, 0.15) is 12.8 Å². The van der Waals surface area contributed by atoms with E-state index in [1.54, 1.807) is 19.0 Å². The van der Waals surface area contributed by atoms with Crippen LogP contribution >= 0.6 is 0 Å². The molecule has 1 heterocycles. The first kappa shape index (κ1) is 11.0. The van der Waals surface area contributed by atoms with Gasteiger partial charge in [-0.3, -0.25) is 9.69 Å². The quantitative estimate of drug-likeness (QED) is 0.637. The average Bonchev–Trinajstić information content (AvgIpc) is 2.18. The molecule has 0 radical (unpaired) electrons. The van der Waals surface area contributed by atoms with E-state index in [1.807, 2.05) is 0 Å². The van der Waals surface area contributed by atoms with Crippen molar-refractivity contribution in [1.82, 2.24) is 9.80 Å². The molecule has 0 aliphatic carbocycles. The van der Waals surface area contributed by atoms with E-state index in [0.717, 1.165) is 25.9 Å². The summed E-state index contributed by atoms with van der Waals surface area (Å²) in [5.74, 6) is 0.224. The third-order valence-electron chi connectivity index (χ3n) is 2.55. The highest BCUT2D eigenvalue weighted by atomic mass is 16.2. The molecule has 1 unspecified atom stereocenters. The van der Waals surface area contributed by atoms with Gasteiger partial charge in [0.25, 0.3) is 0 Å². The molecule has 14 heavy (non-hydrogen) atoms. The Bertz CT molecular complexity index is 244. The number of nitrogens with zero attached hydrogens (tertiary/aromatic N) is 3. The Morgan fingerprint density at radius 1 is 1.64 bits per heavy atom. The SMILES string of the molecule is CN(C)C(=O)CN1CCCC(C#N)C1. The monoisotopic (exact) mass is 195 g/mol. The predicted octanol–water partition coefficient (Wildman–Crippen LogP) is 0.310. The standard InChI is InChI=1S/C10H17N3O/c1-12(2)10(14)8-13-5-3-4-9(6-11)7-13/h9H,3-5,7-8H2,1-2H3. The number of amides is 1. The van der Waals surface area contributed by atoms with Crippen LogP contribution in [0.2, 0.25) is 0 Å². The maximum Gasteiger partial charge on any atom is 0.236 e. The summed E-state index contributed by atoms with van der Waals surface area (Å²) in [6.45, 7) is 2.14. The second kappa shape index (κ2) is 4.97. The van der Waals surface area contributed by atoms with Crippen molar-refractivity contribution in [1.29, 1.82) is 5.26 Å². The second-order valence-electron chi connectivity index (χ2n) is 3.99. The number of hydrogen-bond acceptors (Lipinski definition) is 3. The van der Waals surface area contributed by atoms with Gasteiger partial charge in [0, 0.05) is 20.6 Å². The summed E-state index contributed by atoms with van der Waals surface area (Å²) >= 11 is 0. The van der Waals surface area contributed by atoms with E-state index in [-0.39, 0.29) is 11.8 Å². The first-order valence-corrected chi connectivity index (χ1v) is 4.95. The molecule has 0 saturated carbocycles. The Morgan fingerprint density at radius 3 is 2.93 bits per heavy atom. The lowest BCUT2D eigenvalue weighted by Gasteiger charge is -2.29. The summed E-state index contributed by atoms with van der Waals surface area (Å²) in [7, 11) is 3.52. The molecule has 1 saturated heterocycles. The fourth-order valence-electron chi connectivity index (χ4n) is 1.64. The summed E-state index contributed by atoms with van der Waals surface area (Å²) in [6, 6.07) is 2.27. The summed E-state index contributed by atoms with van der Waals surface area (Å²) in [5.41, 5.74) is 0. The third-order valence-corrected chi connectivity index (χ3v) is 2.55. The van der Waals surface area contributed by atoms with Crippen LogP contribution in [0.5, 0.6) is 0 Å². The van der Waals surface area contributed by atoms with Gasteiger partial charge in [0.1, 0.15) is 0 Å². The van der Waals surface area contributed by atoms with Crippen molar-refractivity contribution in [3.8, 4) is 6.07 Å². The lowest BCUT2D eigenvalue weighted by molar-refractivity contribution is -0.130. The van der Waals surface area contributed by atoms with Crippen LogP contribution in [-0.2, 0) is 4.79 Å². The highest BCUT2D eigenvalue weighted by molar-refractivity contribution is 5.77. The van der Waals surface area contributed by atoms with E-state index < -0.39 is 0 Å². The van der Waals surface area contributed by atoms with Crippen molar-refractivity contribution < 1.29 is 4.79 Å². The highest BCUT2D eigenvalue weighted by Crippen LogP contribution is 2.14. The van der Waals surface area contributed by atoms with Crippen molar-refractivity contribution >= 4 is 5.91 Å². The number of rotatable bonds is 2. The molecule has 4 nitrogen and oxygen atoms in total. The number of carbonyl (C=O) groups excluding carboxylic acids is 1. The molecule has 1 atom stereocenters. The Morgan fingerprint density at radius 2 is 2.36 bits per heavy atom. The minimum absolute atomic E-state index is 0.110. The topological polar surface area (TPSA) is 47.3 Å². The number of likely N-dealkylation sites (tertiary alicyclic amines) is 1. The Hall–Kier alpha value is -1.08. The number of carbonyl (C=O) groups is 1. The Kier molecular flexibility index (Phi) is 3.90. The zero-order chi connectivity index (χ0) is 10.6. The van der Waals surface area contributed by atoms with Gasteiger partial charge >= 0.3 is 0 Å². The summed E-state index contributed by atoms with van der Waals surface area (Å²) in [4.78, 5) is 15.1. The fraction of sp³-hybridized carbons (Fsp3) is 0.800. The van der Waals surface area contributed by atoms with Gasteiger partial charge in [0.2, 0.25) is 5.91 Å². The molecule has 0 N–H and O–H groups in total. The van der Waals surface area contributed by atoms with E-state index in [2.05, 4.69) is 11.0 Å². The van der Waals surface area contributed by atoms with Crippen LogP contribution in [0.15, 0.2) is 0 Å². The molecule has 0 aromatic rings. The van der Waals surface area contributed by atoms with Gasteiger partial charge in [0.05, 0.1) is 18.5 Å². The minimum Gasteiger partial charge on any atom is -0.348 e. The smallest absolute Gasteiger partial charge is 0.236 e. The largest absolute Gasteiger partial charge is 0.348 e. The number of hydrogen-bond donors (Lipinski definition) is 0. The first-order valence-electron chi connectivity index (χ1n) is 4.95. The van der Waals surface area contributed by atoms with Crippen LogP contribution in [0, 0.1) is 17.2 Å². The van der Waals surface area contributed by atoms with Crippen LogP contribution in [0.3, 0.4) is 0 Å². The molecular weight excluding hydrogens is 178 g/mol. The second-order valence-corrected chi connectivity index (χ2v) is 3.99. The lowest BCUT2D eigenvalue weighted by atomic mass is 10.00. The minimum atomic E-state index is 0.110. The Balaban J connectivity index is 2.38. The zero-order valence-corrected chi connectivity index (χ0v) is 8.86. The molecule has 4 heteroatoms. The molecule has 78 valence electrons. The van der Waals surface area contributed by atoms with Crippen molar-refractivity contribution in [2.24, 2.45) is 5.92 Å². The van der Waals surface area contributed by atoms with Gasteiger partial charge in [-0.1, -0.05) is 0 Å². The van der Waals surface area contributed by atoms with Crippen molar-refractivity contribution in [2.75, 3.05) is 33.7 Å². The molecule has 0 aromatic carbocycles. The molecule has 1 fully saturated rings. The van der Waals surface area contributed by atoms with Gasteiger partial charge < -0.3 is 4.90 Å². The van der Waals surface area contributed by atoms with Crippen molar-refractivity contribution in [3.63, 3.8) is 0 Å². The fourth-order valence-corrected chi connectivity index (χ4v) is 1.64. The average molecular weight is 195 g/mol. The van der Waals surface area contributed by atoms with Crippen LogP contribution in [0.25, 0.3) is 0 Å². The van der Waals surface area contributed by atoms with E-state index in [0.29, 0.717) is 6.54 Å². The molecular formula is C10H17N3O. The van der Waals surface area contributed by atoms with E-state index in [9.17, 15) is 4.79 Å². The van der Waals surface area contributed by atoms with Gasteiger partial charge in [-0.15, -0.1) is 0 Å². The predicted molar refractivity (Wildman–Crippen MR) is 53.5 cm³/mol. The highest BCUT2D eigenvalue weighted by Gasteiger charge is 2.21. The first-order chi connectivity index (χ1) is 6.63. The van der Waals surface area contributed by atoms with Crippen LogP contribution in [0.4, 0.5) is 0 Å². The third kappa shape index (κ3) is 3.00. The van der Waals surface area contributed by atoms with Crippen LogP contribution in [-0.4, -0.2) is 49.4 Å². The Labute approximate surface area is 85.1 Å². The summed E-state index contributed by atoms with van der Waals surface area (Å²) in [5, 5.41) is 8.78. The van der Waals surface area contributed by atoms with Crippen LogP contribution < -0.4 is 0 Å². The van der Waals surface area contributed by atoms with Gasteiger partial charge in [-0.25, -0.2) is 0 Å². The van der Waals surface area contributed by atoms with Gasteiger partial charge in [-0.05, 0) is 19.4 Å². The number of nitriles is 1. The summed E-state index contributed by atoms with van der Waals surface area (Å²) in [6.07, 6.45) is 2.00. The number of piperidine rings is 1. The molecule has 0 aromatic heterocycles. The molecule has 1 aliphatic heterocycles. The molecule has 0 spiro atoms. The van der Waals surface area contributed by atoms with E-state index in [4.69, 9.17) is 5.26 Å². The molecule has 1 rings (SSSR count). The van der Waals surface area contributed by atoms with Gasteiger partial charge in [0.15, 0.2) is 0 Å². The zero-order valence-electron chi connectivity index (χ0n) is 8.86. The summed E-state index contributed by atoms with van der Waals surface area (Å²) < 4.78 is 0. The maximum atomic E-state index is 11.4. The normalized spacial score (nSPS) is 22.8. The van der Waals surface area contributed by atoms with E-state index in [1.165, 1.54) is 0 Å². The molecule has 1 amide bonds. The molecule has 1 aliphatic rings. The van der Waals surface area contributed by atoms with Gasteiger partial charge in [-0.2, -0.15) is 5.26 Å². The van der Waals surface area contributed by atoms with E-state index >= 15 is 0 Å².